The largest absolute Gasteiger partial charge is 0.0807 e. The fourth-order valence-electron chi connectivity index (χ4n) is 3.68. The van der Waals surface area contributed by atoms with Crippen LogP contribution in [0.25, 0.3) is 16.8 Å². The molecule has 0 nitrogen and oxygen atoms in total. The van der Waals surface area contributed by atoms with Crippen LogP contribution >= 0.6 is 0 Å². The summed E-state index contributed by atoms with van der Waals surface area (Å²) in [5.74, 6) is 0.636. The molecule has 0 fully saturated rings. The molecule has 2 aliphatic rings. The van der Waals surface area contributed by atoms with Crippen molar-refractivity contribution in [2.45, 2.75) is 32.1 Å². The number of hydrogen-bond donors (Lipinski definition) is 0. The molecule has 0 spiro atoms. The van der Waals surface area contributed by atoms with E-state index in [0.29, 0.717) is 5.92 Å². The summed E-state index contributed by atoms with van der Waals surface area (Å²) in [6.45, 7) is 2.24. The summed E-state index contributed by atoms with van der Waals surface area (Å²) >= 11 is 0. The second-order valence-electron chi connectivity index (χ2n) is 5.76. The molecule has 19 heavy (non-hydrogen) atoms. The van der Waals surface area contributed by atoms with E-state index in [2.05, 4.69) is 55.5 Å². The first-order valence-electron chi connectivity index (χ1n) is 7.25. The molecule has 2 aliphatic carbocycles. The molecule has 0 heteroatoms. The zero-order valence-corrected chi connectivity index (χ0v) is 11.3. The minimum Gasteiger partial charge on any atom is -0.0807 e. The van der Waals surface area contributed by atoms with Gasteiger partial charge in [0.1, 0.15) is 0 Å². The zero-order valence-electron chi connectivity index (χ0n) is 11.3. The molecule has 2 aromatic carbocycles. The van der Waals surface area contributed by atoms with Crippen molar-refractivity contribution in [3.05, 3.63) is 64.7 Å². The summed E-state index contributed by atoms with van der Waals surface area (Å²) < 4.78 is 0. The third kappa shape index (κ3) is 1.59. The van der Waals surface area contributed by atoms with Crippen LogP contribution in [0.1, 0.15) is 41.9 Å². The highest BCUT2D eigenvalue weighted by Crippen LogP contribution is 2.43. The molecule has 0 saturated heterocycles. The Morgan fingerprint density at radius 3 is 2.79 bits per heavy atom. The van der Waals surface area contributed by atoms with E-state index in [4.69, 9.17) is 0 Å². The van der Waals surface area contributed by atoms with Crippen LogP contribution in [-0.4, -0.2) is 0 Å². The summed E-state index contributed by atoms with van der Waals surface area (Å²) in [6.07, 6.45) is 11.0. The summed E-state index contributed by atoms with van der Waals surface area (Å²) in [5, 5.41) is 2.81. The Kier molecular flexibility index (Phi) is 2.38. The lowest BCUT2D eigenvalue weighted by molar-refractivity contribution is 0.631. The van der Waals surface area contributed by atoms with Crippen molar-refractivity contribution in [2.75, 3.05) is 0 Å². The lowest BCUT2D eigenvalue weighted by Crippen LogP contribution is -2.11. The molecule has 0 radical (unpaired) electrons. The van der Waals surface area contributed by atoms with Crippen molar-refractivity contribution in [1.29, 1.82) is 0 Å². The van der Waals surface area contributed by atoms with Gasteiger partial charge in [0.2, 0.25) is 0 Å². The number of allylic oxidation sites excluding steroid dienone is 3. The summed E-state index contributed by atoms with van der Waals surface area (Å²) in [6, 6.07) is 11.2. The molecule has 0 bridgehead atoms. The monoisotopic (exact) mass is 246 g/mol. The Labute approximate surface area is 114 Å². The smallest absolute Gasteiger partial charge is 0.00925 e. The van der Waals surface area contributed by atoms with Gasteiger partial charge < -0.3 is 0 Å². The molecule has 0 aliphatic heterocycles. The Balaban J connectivity index is 2.06. The van der Waals surface area contributed by atoms with Gasteiger partial charge in [0.05, 0.1) is 0 Å². The van der Waals surface area contributed by atoms with E-state index in [9.17, 15) is 0 Å². The molecule has 94 valence electrons. The molecule has 0 N–H and O–H groups in total. The van der Waals surface area contributed by atoms with Crippen LogP contribution < -0.4 is 0 Å². The van der Waals surface area contributed by atoms with Crippen LogP contribution in [0.3, 0.4) is 0 Å². The predicted octanol–water partition coefficient (Wildman–Crippen LogP) is 5.37. The third-order valence-corrected chi connectivity index (χ3v) is 4.62. The van der Waals surface area contributed by atoms with Crippen LogP contribution in [0.15, 0.2) is 48.1 Å². The van der Waals surface area contributed by atoms with E-state index < -0.39 is 0 Å². The number of hydrogen-bond acceptors (Lipinski definition) is 0. The highest BCUT2D eigenvalue weighted by Gasteiger charge is 2.24. The average Bonchev–Trinajstić information content (AvgIpc) is 2.47. The van der Waals surface area contributed by atoms with E-state index in [0.717, 1.165) is 0 Å². The highest BCUT2D eigenvalue weighted by molar-refractivity contribution is 5.95. The number of benzene rings is 2. The SMILES string of the molecule is Cc1cc2c(c3ccccc13)C=CC1=CCCCC12. The maximum atomic E-state index is 2.43. The first kappa shape index (κ1) is 11.0. The van der Waals surface area contributed by atoms with Crippen LogP contribution in [-0.2, 0) is 0 Å². The second-order valence-corrected chi connectivity index (χ2v) is 5.76. The Morgan fingerprint density at radius 2 is 1.89 bits per heavy atom. The van der Waals surface area contributed by atoms with Crippen molar-refractivity contribution in [3.63, 3.8) is 0 Å². The molecular weight excluding hydrogens is 228 g/mol. The molecule has 0 saturated carbocycles. The van der Waals surface area contributed by atoms with E-state index in [-0.39, 0.29) is 0 Å². The standard InChI is InChI=1S/C19H18/c1-13-12-19-16-8-3-2-6-14(16)10-11-18(19)17-9-5-4-7-15(13)17/h4-7,9-12,16H,2-3,8H2,1H3. The van der Waals surface area contributed by atoms with Gasteiger partial charge in [-0.1, -0.05) is 48.6 Å². The molecule has 1 unspecified atom stereocenters. The minimum absolute atomic E-state index is 0.636. The Morgan fingerprint density at radius 1 is 1.05 bits per heavy atom. The maximum Gasteiger partial charge on any atom is 0.00925 e. The van der Waals surface area contributed by atoms with E-state index in [1.54, 1.807) is 5.56 Å². The van der Waals surface area contributed by atoms with Gasteiger partial charge in [-0.25, -0.2) is 0 Å². The number of fused-ring (bicyclic) bond motifs is 5. The van der Waals surface area contributed by atoms with E-state index >= 15 is 0 Å². The first-order chi connectivity index (χ1) is 9.34. The lowest BCUT2D eigenvalue weighted by atomic mass is 9.75. The van der Waals surface area contributed by atoms with Gasteiger partial charge in [-0.15, -0.1) is 0 Å². The first-order valence-corrected chi connectivity index (χ1v) is 7.25. The van der Waals surface area contributed by atoms with Gasteiger partial charge in [0.25, 0.3) is 0 Å². The lowest BCUT2D eigenvalue weighted by Gasteiger charge is -2.29. The van der Waals surface area contributed by atoms with Crippen molar-refractivity contribution >= 4 is 16.8 Å². The minimum atomic E-state index is 0.636. The molecule has 1 atom stereocenters. The fraction of sp³-hybridized carbons (Fsp3) is 0.263. The average molecular weight is 246 g/mol. The van der Waals surface area contributed by atoms with Crippen LogP contribution in [0.2, 0.25) is 0 Å². The van der Waals surface area contributed by atoms with Crippen LogP contribution in [0.4, 0.5) is 0 Å². The zero-order chi connectivity index (χ0) is 12.8. The molecule has 0 amide bonds. The van der Waals surface area contributed by atoms with E-state index in [1.165, 1.54) is 46.7 Å². The molecule has 0 heterocycles. The molecular formula is C19H18. The van der Waals surface area contributed by atoms with Gasteiger partial charge in [0, 0.05) is 5.92 Å². The highest BCUT2D eigenvalue weighted by atomic mass is 14.3. The second kappa shape index (κ2) is 4.09. The van der Waals surface area contributed by atoms with Crippen LogP contribution in [0.5, 0.6) is 0 Å². The normalized spacial score (nSPS) is 20.9. The van der Waals surface area contributed by atoms with Crippen molar-refractivity contribution < 1.29 is 0 Å². The Hall–Kier alpha value is -1.82. The summed E-state index contributed by atoms with van der Waals surface area (Å²) in [5.41, 5.74) is 5.94. The van der Waals surface area contributed by atoms with Crippen molar-refractivity contribution in [2.24, 2.45) is 0 Å². The van der Waals surface area contributed by atoms with Gasteiger partial charge in [0.15, 0.2) is 0 Å². The van der Waals surface area contributed by atoms with Gasteiger partial charge in [-0.3, -0.25) is 0 Å². The predicted molar refractivity (Wildman–Crippen MR) is 82.4 cm³/mol. The third-order valence-electron chi connectivity index (χ3n) is 4.62. The van der Waals surface area contributed by atoms with Gasteiger partial charge >= 0.3 is 0 Å². The maximum absolute atomic E-state index is 2.43. The van der Waals surface area contributed by atoms with Crippen molar-refractivity contribution in [1.82, 2.24) is 0 Å². The van der Waals surface area contributed by atoms with Gasteiger partial charge in [-0.2, -0.15) is 0 Å². The number of rotatable bonds is 0. The molecule has 2 aromatic rings. The summed E-state index contributed by atoms with van der Waals surface area (Å²) in [7, 11) is 0. The Bertz CT molecular complexity index is 716. The van der Waals surface area contributed by atoms with E-state index in [1.807, 2.05) is 0 Å². The van der Waals surface area contributed by atoms with Crippen LogP contribution in [0, 0.1) is 6.92 Å². The summed E-state index contributed by atoms with van der Waals surface area (Å²) in [4.78, 5) is 0. The molecule has 4 rings (SSSR count). The van der Waals surface area contributed by atoms with Crippen molar-refractivity contribution in [3.8, 4) is 0 Å². The fourth-order valence-corrected chi connectivity index (χ4v) is 3.68. The quantitative estimate of drug-likeness (QED) is 0.586. The van der Waals surface area contributed by atoms with Gasteiger partial charge in [-0.05, 0) is 59.2 Å². The topological polar surface area (TPSA) is 0 Å². The molecule has 0 aromatic heterocycles. The number of aryl methyl sites for hydroxylation is 1.